The molecule has 5 heteroatoms. The Balaban J connectivity index is 2.43. The molecule has 3 N–H and O–H groups in total. The number of aromatic nitrogens is 1. The largest absolute Gasteiger partial charge is 0.374 e. The number of hydrogen-bond acceptors (Lipinski definition) is 5. The lowest BCUT2D eigenvalue weighted by Gasteiger charge is -2.23. The van der Waals surface area contributed by atoms with Crippen LogP contribution in [-0.2, 0) is 11.2 Å². The summed E-state index contributed by atoms with van der Waals surface area (Å²) in [6.45, 7) is 8.70. The van der Waals surface area contributed by atoms with E-state index in [1.807, 2.05) is 27.7 Å². The summed E-state index contributed by atoms with van der Waals surface area (Å²) < 4.78 is 5.69. The lowest BCUT2D eigenvalue weighted by Crippen LogP contribution is -2.42. The Morgan fingerprint density at radius 3 is 2.69 bits per heavy atom. The first-order valence-electron chi connectivity index (χ1n) is 5.42. The van der Waals surface area contributed by atoms with Crippen LogP contribution in [0.1, 0.15) is 31.5 Å². The highest BCUT2D eigenvalue weighted by Crippen LogP contribution is 2.12. The van der Waals surface area contributed by atoms with Crippen LogP contribution in [0, 0.1) is 6.92 Å². The van der Waals surface area contributed by atoms with Gasteiger partial charge in [-0.25, -0.2) is 4.98 Å². The van der Waals surface area contributed by atoms with Crippen molar-refractivity contribution in [2.45, 2.75) is 45.8 Å². The molecule has 0 bridgehead atoms. The third-order valence-corrected chi connectivity index (χ3v) is 2.90. The van der Waals surface area contributed by atoms with Crippen LogP contribution in [0.15, 0.2) is 5.38 Å². The van der Waals surface area contributed by atoms with Gasteiger partial charge in [-0.15, -0.1) is 11.3 Å². The number of hydrogen-bond donors (Lipinski definition) is 2. The van der Waals surface area contributed by atoms with Crippen molar-refractivity contribution in [3.63, 3.8) is 0 Å². The van der Waals surface area contributed by atoms with E-state index < -0.39 is 0 Å². The maximum Gasteiger partial charge on any atom is 0.0897 e. The van der Waals surface area contributed by atoms with E-state index in [-0.39, 0.29) is 11.6 Å². The van der Waals surface area contributed by atoms with Gasteiger partial charge in [-0.3, -0.25) is 11.3 Å². The van der Waals surface area contributed by atoms with Crippen LogP contribution in [0.3, 0.4) is 0 Å². The van der Waals surface area contributed by atoms with Crippen molar-refractivity contribution < 1.29 is 4.74 Å². The molecule has 0 amide bonds. The lowest BCUT2D eigenvalue weighted by atomic mass is 10.1. The van der Waals surface area contributed by atoms with Crippen LogP contribution >= 0.6 is 11.3 Å². The number of aryl methyl sites for hydroxylation is 1. The average molecular weight is 243 g/mol. The normalized spacial score (nSPS) is 14.1. The number of nitrogens with zero attached hydrogens (tertiary/aromatic N) is 1. The van der Waals surface area contributed by atoms with Crippen molar-refractivity contribution in [3.05, 3.63) is 16.1 Å². The van der Waals surface area contributed by atoms with Gasteiger partial charge >= 0.3 is 0 Å². The summed E-state index contributed by atoms with van der Waals surface area (Å²) in [7, 11) is 0. The first-order chi connectivity index (χ1) is 7.40. The molecule has 0 saturated heterocycles. The SMILES string of the molecule is Cc1nc(CC(COC(C)(C)C)NN)cs1. The van der Waals surface area contributed by atoms with Gasteiger partial charge in [0.05, 0.1) is 29.0 Å². The van der Waals surface area contributed by atoms with Gasteiger partial charge in [-0.2, -0.15) is 0 Å². The number of nitrogens with one attached hydrogen (secondary N) is 1. The predicted molar refractivity (Wildman–Crippen MR) is 67.4 cm³/mol. The Bertz CT molecular complexity index is 319. The fraction of sp³-hybridized carbons (Fsp3) is 0.727. The minimum atomic E-state index is -0.132. The van der Waals surface area contributed by atoms with Crippen LogP contribution < -0.4 is 11.3 Å². The second-order valence-corrected chi connectivity index (χ2v) is 5.91. The Labute approximate surface area is 101 Å². The van der Waals surface area contributed by atoms with Crippen LogP contribution in [-0.4, -0.2) is 23.2 Å². The highest BCUT2D eigenvalue weighted by molar-refractivity contribution is 7.09. The number of thiazole rings is 1. The second-order valence-electron chi connectivity index (χ2n) is 4.85. The Morgan fingerprint density at radius 2 is 2.25 bits per heavy atom. The zero-order valence-corrected chi connectivity index (χ0v) is 11.2. The summed E-state index contributed by atoms with van der Waals surface area (Å²) in [6, 6.07) is 0.112. The van der Waals surface area contributed by atoms with E-state index in [4.69, 9.17) is 10.6 Å². The molecule has 1 heterocycles. The van der Waals surface area contributed by atoms with E-state index >= 15 is 0 Å². The zero-order valence-electron chi connectivity index (χ0n) is 10.4. The third kappa shape index (κ3) is 5.03. The van der Waals surface area contributed by atoms with Gasteiger partial charge in [0.1, 0.15) is 0 Å². The molecule has 16 heavy (non-hydrogen) atoms. The van der Waals surface area contributed by atoms with Gasteiger partial charge in [-0.05, 0) is 27.7 Å². The molecule has 1 aromatic heterocycles. The minimum absolute atomic E-state index is 0.112. The summed E-state index contributed by atoms with van der Waals surface area (Å²) in [4.78, 5) is 4.41. The van der Waals surface area contributed by atoms with Crippen molar-refractivity contribution in [3.8, 4) is 0 Å². The van der Waals surface area contributed by atoms with E-state index in [2.05, 4.69) is 15.8 Å². The van der Waals surface area contributed by atoms with E-state index in [1.165, 1.54) is 0 Å². The average Bonchev–Trinajstić information content (AvgIpc) is 2.57. The van der Waals surface area contributed by atoms with Crippen molar-refractivity contribution in [2.75, 3.05) is 6.61 Å². The summed E-state index contributed by atoms with van der Waals surface area (Å²) in [5.74, 6) is 5.50. The maximum absolute atomic E-state index is 5.69. The van der Waals surface area contributed by atoms with E-state index in [0.29, 0.717) is 6.61 Å². The fourth-order valence-corrected chi connectivity index (χ4v) is 1.90. The van der Waals surface area contributed by atoms with E-state index in [9.17, 15) is 0 Å². The van der Waals surface area contributed by atoms with Crippen LogP contribution in [0.4, 0.5) is 0 Å². The Hall–Kier alpha value is -0.490. The summed E-state index contributed by atoms with van der Waals surface area (Å²) in [6.07, 6.45) is 0.802. The first kappa shape index (κ1) is 13.6. The molecule has 0 fully saturated rings. The standard InChI is InChI=1S/C11H21N3OS/c1-8-13-10(7-16-8)5-9(14-12)6-15-11(2,3)4/h7,9,14H,5-6,12H2,1-4H3. The third-order valence-electron chi connectivity index (χ3n) is 2.08. The molecule has 1 rings (SSSR count). The van der Waals surface area contributed by atoms with Crippen molar-refractivity contribution in [1.29, 1.82) is 0 Å². The van der Waals surface area contributed by atoms with Crippen molar-refractivity contribution >= 4 is 11.3 Å². The molecular weight excluding hydrogens is 222 g/mol. The van der Waals surface area contributed by atoms with Gasteiger partial charge in [-0.1, -0.05) is 0 Å². The topological polar surface area (TPSA) is 60.2 Å². The molecule has 1 aromatic rings. The highest BCUT2D eigenvalue weighted by atomic mass is 32.1. The van der Waals surface area contributed by atoms with Crippen molar-refractivity contribution in [2.24, 2.45) is 5.84 Å². The molecule has 1 atom stereocenters. The van der Waals surface area contributed by atoms with Gasteiger partial charge in [0, 0.05) is 11.8 Å². The molecule has 0 spiro atoms. The molecular formula is C11H21N3OS. The van der Waals surface area contributed by atoms with Crippen LogP contribution in [0.2, 0.25) is 0 Å². The number of hydrazine groups is 1. The molecule has 0 aliphatic rings. The second kappa shape index (κ2) is 5.72. The summed E-state index contributed by atoms with van der Waals surface area (Å²) in [5.41, 5.74) is 3.71. The number of ether oxygens (including phenoxy) is 1. The minimum Gasteiger partial charge on any atom is -0.374 e. The molecule has 0 aliphatic carbocycles. The first-order valence-corrected chi connectivity index (χ1v) is 6.30. The lowest BCUT2D eigenvalue weighted by molar-refractivity contribution is -0.0144. The smallest absolute Gasteiger partial charge is 0.0897 e. The summed E-state index contributed by atoms with van der Waals surface area (Å²) >= 11 is 1.66. The van der Waals surface area contributed by atoms with Crippen molar-refractivity contribution in [1.82, 2.24) is 10.4 Å². The van der Waals surface area contributed by atoms with Gasteiger partial charge in [0.15, 0.2) is 0 Å². The summed E-state index contributed by atoms with van der Waals surface area (Å²) in [5, 5.41) is 3.15. The molecule has 0 aromatic carbocycles. The molecule has 0 saturated carbocycles. The molecule has 1 unspecified atom stereocenters. The van der Waals surface area contributed by atoms with E-state index in [1.54, 1.807) is 11.3 Å². The Kier molecular flexibility index (Phi) is 4.86. The molecule has 0 aliphatic heterocycles. The van der Waals surface area contributed by atoms with Gasteiger partial charge in [0.25, 0.3) is 0 Å². The molecule has 92 valence electrons. The number of nitrogens with two attached hydrogens (primary N) is 1. The molecule has 4 nitrogen and oxygen atoms in total. The zero-order chi connectivity index (χ0) is 12.2. The van der Waals surface area contributed by atoms with Crippen LogP contribution in [0.5, 0.6) is 0 Å². The molecule has 0 radical (unpaired) electrons. The monoisotopic (exact) mass is 243 g/mol. The van der Waals surface area contributed by atoms with Gasteiger partial charge in [0.2, 0.25) is 0 Å². The number of rotatable bonds is 5. The Morgan fingerprint density at radius 1 is 1.56 bits per heavy atom. The quantitative estimate of drug-likeness (QED) is 0.610. The maximum atomic E-state index is 5.69. The van der Waals surface area contributed by atoms with E-state index in [0.717, 1.165) is 17.1 Å². The predicted octanol–water partition coefficient (Wildman–Crippen LogP) is 1.64. The fourth-order valence-electron chi connectivity index (χ4n) is 1.27. The van der Waals surface area contributed by atoms with Crippen LogP contribution in [0.25, 0.3) is 0 Å². The highest BCUT2D eigenvalue weighted by Gasteiger charge is 2.15. The van der Waals surface area contributed by atoms with Gasteiger partial charge < -0.3 is 4.74 Å².